The molecular weight excluding hydrogens is 322 g/mol. The third-order valence-corrected chi connectivity index (χ3v) is 4.35. The lowest BCUT2D eigenvalue weighted by molar-refractivity contribution is -0.119. The fourth-order valence-electron chi connectivity index (χ4n) is 3.02. The van der Waals surface area contributed by atoms with Gasteiger partial charge in [-0.1, -0.05) is 60.2 Å². The number of nitrogens with one attached hydrogen (secondary N) is 2. The van der Waals surface area contributed by atoms with Crippen LogP contribution < -0.4 is 10.7 Å². The molecule has 1 amide bonds. The van der Waals surface area contributed by atoms with Crippen molar-refractivity contribution in [3.8, 4) is 0 Å². The zero-order valence-electron chi connectivity index (χ0n) is 15.3. The molecule has 0 aliphatic carbocycles. The molecule has 0 bridgehead atoms. The molecular formula is C22H23N3O. The lowest BCUT2D eigenvalue weighted by atomic mass is 10.0. The van der Waals surface area contributed by atoms with Crippen molar-refractivity contribution in [1.29, 1.82) is 0 Å². The van der Waals surface area contributed by atoms with E-state index in [1.807, 2.05) is 56.3 Å². The van der Waals surface area contributed by atoms with Gasteiger partial charge in [0.25, 0.3) is 5.91 Å². The average Bonchev–Trinajstić information content (AvgIpc) is 2.64. The molecule has 0 aliphatic rings. The van der Waals surface area contributed by atoms with Crippen LogP contribution in [0.5, 0.6) is 0 Å². The van der Waals surface area contributed by atoms with Gasteiger partial charge in [-0.25, -0.2) is 5.43 Å². The molecule has 3 aromatic rings. The van der Waals surface area contributed by atoms with Gasteiger partial charge in [0.05, 0.1) is 12.3 Å². The molecule has 0 aromatic heterocycles. The third kappa shape index (κ3) is 4.09. The van der Waals surface area contributed by atoms with Gasteiger partial charge >= 0.3 is 0 Å². The Hall–Kier alpha value is -3.14. The zero-order valence-corrected chi connectivity index (χ0v) is 15.3. The average molecular weight is 345 g/mol. The van der Waals surface area contributed by atoms with Crippen LogP contribution in [0.1, 0.15) is 23.6 Å². The van der Waals surface area contributed by atoms with Crippen molar-refractivity contribution in [2.24, 2.45) is 5.10 Å². The summed E-state index contributed by atoms with van der Waals surface area (Å²) in [7, 11) is 0. The Kier molecular flexibility index (Phi) is 5.32. The number of amides is 1. The summed E-state index contributed by atoms with van der Waals surface area (Å²) in [6.07, 6.45) is 0. The first kappa shape index (κ1) is 17.7. The van der Waals surface area contributed by atoms with Crippen LogP contribution in [-0.2, 0) is 4.79 Å². The summed E-state index contributed by atoms with van der Waals surface area (Å²) in [6, 6.07) is 20.3. The second-order valence-corrected chi connectivity index (χ2v) is 6.43. The maximum absolute atomic E-state index is 12.1. The first-order valence-corrected chi connectivity index (χ1v) is 8.67. The van der Waals surface area contributed by atoms with Crippen molar-refractivity contribution in [1.82, 2.24) is 5.43 Å². The maximum atomic E-state index is 12.1. The van der Waals surface area contributed by atoms with Crippen LogP contribution in [0.4, 0.5) is 5.69 Å². The van der Waals surface area contributed by atoms with Crippen LogP contribution in [-0.4, -0.2) is 18.2 Å². The normalized spacial score (nSPS) is 11.4. The van der Waals surface area contributed by atoms with Gasteiger partial charge in [-0.05, 0) is 37.8 Å². The minimum absolute atomic E-state index is 0.164. The van der Waals surface area contributed by atoms with E-state index in [1.165, 1.54) is 5.56 Å². The second-order valence-electron chi connectivity index (χ2n) is 6.43. The standard InChI is InChI=1S/C22H23N3O/c1-15-11-12-19(16(2)13-15)17(3)24-25-22(26)14-23-21-10-6-8-18-7-4-5-9-20(18)21/h4-13,23H,14H2,1-3H3,(H,25,26)/b24-17-. The van der Waals surface area contributed by atoms with Crippen molar-refractivity contribution < 1.29 is 4.79 Å². The molecule has 26 heavy (non-hydrogen) atoms. The molecule has 0 unspecified atom stereocenters. The number of carbonyl (C=O) groups is 1. The number of benzene rings is 3. The lowest BCUT2D eigenvalue weighted by Gasteiger charge is -2.10. The number of nitrogens with zero attached hydrogens (tertiary/aromatic N) is 1. The predicted molar refractivity (Wildman–Crippen MR) is 109 cm³/mol. The first-order valence-electron chi connectivity index (χ1n) is 8.67. The smallest absolute Gasteiger partial charge is 0.259 e. The fourth-order valence-corrected chi connectivity index (χ4v) is 3.02. The Labute approximate surface area is 153 Å². The van der Waals surface area contributed by atoms with E-state index in [9.17, 15) is 4.79 Å². The van der Waals surface area contributed by atoms with Crippen LogP contribution in [0.2, 0.25) is 0 Å². The molecule has 3 aromatic carbocycles. The van der Waals surface area contributed by atoms with E-state index in [0.29, 0.717) is 0 Å². The van der Waals surface area contributed by atoms with Crippen molar-refractivity contribution in [2.45, 2.75) is 20.8 Å². The number of fused-ring (bicyclic) bond motifs is 1. The first-order chi connectivity index (χ1) is 12.5. The van der Waals surface area contributed by atoms with Crippen LogP contribution >= 0.6 is 0 Å². The quantitative estimate of drug-likeness (QED) is 0.532. The van der Waals surface area contributed by atoms with E-state index in [-0.39, 0.29) is 12.5 Å². The van der Waals surface area contributed by atoms with Crippen molar-refractivity contribution in [3.05, 3.63) is 77.4 Å². The van der Waals surface area contributed by atoms with Crippen LogP contribution in [0.15, 0.2) is 65.8 Å². The molecule has 0 spiro atoms. The zero-order chi connectivity index (χ0) is 18.5. The number of aryl methyl sites for hydroxylation is 2. The van der Waals surface area contributed by atoms with Crippen LogP contribution in [0, 0.1) is 13.8 Å². The molecule has 132 valence electrons. The number of hydrazone groups is 1. The number of rotatable bonds is 5. The topological polar surface area (TPSA) is 53.5 Å². The SMILES string of the molecule is C/C(=N/NC(=O)CNc1cccc2ccccc12)c1ccc(C)cc1C. The van der Waals surface area contributed by atoms with E-state index in [1.54, 1.807) is 0 Å². The molecule has 0 atom stereocenters. The molecule has 4 heteroatoms. The van der Waals surface area contributed by atoms with Gasteiger partial charge in [-0.3, -0.25) is 4.79 Å². The Morgan fingerprint density at radius 2 is 1.77 bits per heavy atom. The highest BCUT2D eigenvalue weighted by atomic mass is 16.2. The summed E-state index contributed by atoms with van der Waals surface area (Å²) in [5, 5.41) is 9.66. The van der Waals surface area contributed by atoms with Crippen molar-refractivity contribution in [2.75, 3.05) is 11.9 Å². The predicted octanol–water partition coefficient (Wildman–Crippen LogP) is 4.41. The molecule has 0 radical (unpaired) electrons. The van der Waals surface area contributed by atoms with Gasteiger partial charge < -0.3 is 5.32 Å². The van der Waals surface area contributed by atoms with Gasteiger partial charge in [0.15, 0.2) is 0 Å². The van der Waals surface area contributed by atoms with E-state index in [2.05, 4.69) is 41.0 Å². The number of carbonyl (C=O) groups excluding carboxylic acids is 1. The highest BCUT2D eigenvalue weighted by Crippen LogP contribution is 2.22. The summed E-state index contributed by atoms with van der Waals surface area (Å²) in [5.74, 6) is -0.179. The summed E-state index contributed by atoms with van der Waals surface area (Å²) in [6.45, 7) is 6.17. The van der Waals surface area contributed by atoms with Crippen molar-refractivity contribution in [3.63, 3.8) is 0 Å². The molecule has 0 saturated carbocycles. The monoisotopic (exact) mass is 345 g/mol. The molecule has 3 rings (SSSR count). The van der Waals surface area contributed by atoms with Crippen LogP contribution in [0.3, 0.4) is 0 Å². The van der Waals surface area contributed by atoms with Gasteiger partial charge in [0, 0.05) is 16.6 Å². The lowest BCUT2D eigenvalue weighted by Crippen LogP contribution is -2.26. The number of hydrogen-bond donors (Lipinski definition) is 2. The van der Waals surface area contributed by atoms with Gasteiger partial charge in [-0.2, -0.15) is 5.10 Å². The Morgan fingerprint density at radius 3 is 2.58 bits per heavy atom. The molecule has 2 N–H and O–H groups in total. The largest absolute Gasteiger partial charge is 0.376 e. The molecule has 0 fully saturated rings. The Bertz CT molecular complexity index is 971. The van der Waals surface area contributed by atoms with E-state index in [4.69, 9.17) is 0 Å². The highest BCUT2D eigenvalue weighted by Gasteiger charge is 2.05. The van der Waals surface area contributed by atoms with Gasteiger partial charge in [-0.15, -0.1) is 0 Å². The summed E-state index contributed by atoms with van der Waals surface area (Å²) in [4.78, 5) is 12.1. The highest BCUT2D eigenvalue weighted by molar-refractivity contribution is 6.00. The maximum Gasteiger partial charge on any atom is 0.259 e. The van der Waals surface area contributed by atoms with Crippen LogP contribution in [0.25, 0.3) is 10.8 Å². The molecule has 0 saturated heterocycles. The minimum Gasteiger partial charge on any atom is -0.376 e. The molecule has 0 heterocycles. The van der Waals surface area contributed by atoms with E-state index >= 15 is 0 Å². The van der Waals surface area contributed by atoms with Gasteiger partial charge in [0.1, 0.15) is 0 Å². The Morgan fingerprint density at radius 1 is 1.00 bits per heavy atom. The number of anilines is 1. The van der Waals surface area contributed by atoms with E-state index < -0.39 is 0 Å². The molecule has 4 nitrogen and oxygen atoms in total. The summed E-state index contributed by atoms with van der Waals surface area (Å²) in [5.41, 5.74) is 7.76. The number of hydrogen-bond acceptors (Lipinski definition) is 3. The molecule has 0 aliphatic heterocycles. The third-order valence-electron chi connectivity index (χ3n) is 4.35. The summed E-state index contributed by atoms with van der Waals surface area (Å²) >= 11 is 0. The van der Waals surface area contributed by atoms with Gasteiger partial charge in [0.2, 0.25) is 0 Å². The Balaban J connectivity index is 1.63. The fraction of sp³-hybridized carbons (Fsp3) is 0.182. The van der Waals surface area contributed by atoms with Crippen molar-refractivity contribution >= 4 is 28.1 Å². The minimum atomic E-state index is -0.179. The second kappa shape index (κ2) is 7.83. The summed E-state index contributed by atoms with van der Waals surface area (Å²) < 4.78 is 0. The van der Waals surface area contributed by atoms with E-state index in [0.717, 1.165) is 33.3 Å².